The molecule has 3 amide bonds. The van der Waals surface area contributed by atoms with Gasteiger partial charge in [0.25, 0.3) is 0 Å². The van der Waals surface area contributed by atoms with Gasteiger partial charge in [-0.3, -0.25) is 10.2 Å². The molecule has 0 bridgehead atoms. The number of rotatable bonds is 4. The number of nitrogens with one attached hydrogen (secondary N) is 2. The van der Waals surface area contributed by atoms with E-state index in [0.717, 1.165) is 16.3 Å². The lowest BCUT2D eigenvalue weighted by molar-refractivity contribution is 0.141. The molecule has 1 fully saturated rings. The summed E-state index contributed by atoms with van der Waals surface area (Å²) in [5.74, 6) is 0. The number of thiophene rings is 1. The maximum absolute atomic E-state index is 11.9. The topological polar surface area (TPSA) is 70.7 Å². The fraction of sp³-hybridized carbons (Fsp3) is 0.250. The molecular formula is C16H17N3O3S. The Balaban J connectivity index is 1.51. The van der Waals surface area contributed by atoms with E-state index in [2.05, 4.69) is 10.6 Å². The molecule has 2 aromatic rings. The molecule has 7 heteroatoms. The van der Waals surface area contributed by atoms with E-state index in [9.17, 15) is 9.59 Å². The Kier molecular flexibility index (Phi) is 4.47. The molecule has 6 nitrogen and oxygen atoms in total. The van der Waals surface area contributed by atoms with Crippen LogP contribution in [0.2, 0.25) is 0 Å². The molecule has 1 aromatic heterocycles. The number of anilines is 2. The quantitative estimate of drug-likeness (QED) is 0.904. The zero-order chi connectivity index (χ0) is 16.2. The van der Waals surface area contributed by atoms with Gasteiger partial charge in [0.05, 0.1) is 18.1 Å². The number of hydrogen-bond acceptors (Lipinski definition) is 4. The Morgan fingerprint density at radius 1 is 1.35 bits per heavy atom. The van der Waals surface area contributed by atoms with E-state index in [1.165, 1.54) is 11.3 Å². The molecule has 1 aromatic carbocycles. The number of hydrogen-bond donors (Lipinski definition) is 2. The first-order chi connectivity index (χ1) is 11.1. The highest BCUT2D eigenvalue weighted by Crippen LogP contribution is 2.21. The molecule has 2 N–H and O–H groups in total. The summed E-state index contributed by atoms with van der Waals surface area (Å²) in [6.07, 6.45) is -0.753. The molecule has 120 valence electrons. The van der Waals surface area contributed by atoms with Gasteiger partial charge >= 0.3 is 12.1 Å². The third kappa shape index (κ3) is 3.81. The predicted octanol–water partition coefficient (Wildman–Crippen LogP) is 3.20. The second-order valence-corrected chi connectivity index (χ2v) is 6.21. The number of benzene rings is 1. The molecule has 3 rings (SSSR count). The first kappa shape index (κ1) is 15.4. The number of carbonyl (C=O) groups excluding carboxylic acids is 2. The number of ether oxygens (including phenoxy) is 1. The van der Waals surface area contributed by atoms with Crippen molar-refractivity contribution in [3.63, 3.8) is 0 Å². The molecule has 1 aliphatic heterocycles. The summed E-state index contributed by atoms with van der Waals surface area (Å²) in [5.41, 5.74) is 1.93. The van der Waals surface area contributed by atoms with E-state index in [1.54, 1.807) is 4.90 Å². The van der Waals surface area contributed by atoms with E-state index >= 15 is 0 Å². The van der Waals surface area contributed by atoms with Gasteiger partial charge in [0.2, 0.25) is 0 Å². The van der Waals surface area contributed by atoms with Gasteiger partial charge in [0, 0.05) is 5.69 Å². The van der Waals surface area contributed by atoms with Gasteiger partial charge in [0.15, 0.2) is 0 Å². The lowest BCUT2D eigenvalue weighted by Crippen LogP contribution is -2.37. The van der Waals surface area contributed by atoms with Crippen LogP contribution in [0.15, 0.2) is 41.8 Å². The number of amides is 3. The average molecular weight is 331 g/mol. The van der Waals surface area contributed by atoms with Crippen LogP contribution in [0.3, 0.4) is 0 Å². The normalized spacial score (nSPS) is 17.0. The van der Waals surface area contributed by atoms with Crippen molar-refractivity contribution >= 4 is 34.1 Å². The van der Waals surface area contributed by atoms with Crippen molar-refractivity contribution in [1.82, 2.24) is 5.32 Å². The maximum Gasteiger partial charge on any atom is 0.414 e. The Morgan fingerprint density at radius 2 is 2.13 bits per heavy atom. The van der Waals surface area contributed by atoms with Crippen molar-refractivity contribution in [3.8, 4) is 0 Å². The van der Waals surface area contributed by atoms with Crippen LogP contribution in [0.5, 0.6) is 0 Å². The van der Waals surface area contributed by atoms with E-state index < -0.39 is 0 Å². The van der Waals surface area contributed by atoms with Gasteiger partial charge in [-0.2, -0.15) is 0 Å². The second-order valence-electron chi connectivity index (χ2n) is 5.26. The van der Waals surface area contributed by atoms with Crippen LogP contribution in [-0.2, 0) is 4.74 Å². The zero-order valence-corrected chi connectivity index (χ0v) is 13.4. The maximum atomic E-state index is 11.9. The van der Waals surface area contributed by atoms with Gasteiger partial charge in [-0.25, -0.2) is 9.59 Å². The first-order valence-electron chi connectivity index (χ1n) is 7.25. The fourth-order valence-electron chi connectivity index (χ4n) is 2.28. The Bertz CT molecular complexity index is 685. The van der Waals surface area contributed by atoms with Crippen LogP contribution in [0.1, 0.15) is 5.56 Å². The van der Waals surface area contributed by atoms with Crippen molar-refractivity contribution in [2.24, 2.45) is 0 Å². The van der Waals surface area contributed by atoms with Crippen molar-refractivity contribution in [2.45, 2.75) is 13.0 Å². The summed E-state index contributed by atoms with van der Waals surface area (Å²) in [7, 11) is 0. The SMILES string of the molecule is Cc1ccc(N2C[C@H](CNC(=O)Nc3cccs3)OC2=O)cc1. The smallest absolute Gasteiger partial charge is 0.414 e. The van der Waals surface area contributed by atoms with E-state index in [1.807, 2.05) is 48.7 Å². The summed E-state index contributed by atoms with van der Waals surface area (Å²) in [6, 6.07) is 11.0. The Labute approximate surface area is 138 Å². The van der Waals surface area contributed by atoms with Crippen molar-refractivity contribution in [3.05, 3.63) is 47.3 Å². The standard InChI is InChI=1S/C16H17N3O3S/c1-11-4-6-12(7-5-11)19-10-13(22-16(19)21)9-17-15(20)18-14-3-2-8-23-14/h2-8,13H,9-10H2,1H3,(H2,17,18,20)/t13-/m0/s1. The number of aryl methyl sites for hydroxylation is 1. The summed E-state index contributed by atoms with van der Waals surface area (Å²) in [5, 5.41) is 8.09. The average Bonchev–Trinajstić information content (AvgIpc) is 3.16. The van der Waals surface area contributed by atoms with E-state index in [4.69, 9.17) is 4.74 Å². The largest absolute Gasteiger partial charge is 0.442 e. The molecule has 1 saturated heterocycles. The Morgan fingerprint density at radius 3 is 2.83 bits per heavy atom. The highest BCUT2D eigenvalue weighted by Gasteiger charge is 2.32. The van der Waals surface area contributed by atoms with Gasteiger partial charge in [-0.05, 0) is 36.6 Å². The molecule has 1 atom stereocenters. The zero-order valence-electron chi connectivity index (χ0n) is 12.6. The van der Waals surface area contributed by atoms with Crippen molar-refractivity contribution in [1.29, 1.82) is 0 Å². The van der Waals surface area contributed by atoms with Crippen LogP contribution >= 0.6 is 11.3 Å². The van der Waals surface area contributed by atoms with Gasteiger partial charge in [-0.15, -0.1) is 11.3 Å². The second kappa shape index (κ2) is 6.70. The summed E-state index contributed by atoms with van der Waals surface area (Å²) in [6.45, 7) is 2.68. The van der Waals surface area contributed by atoms with E-state index in [-0.39, 0.29) is 24.8 Å². The van der Waals surface area contributed by atoms with Crippen LogP contribution in [0.4, 0.5) is 20.3 Å². The minimum Gasteiger partial charge on any atom is -0.442 e. The van der Waals surface area contributed by atoms with Gasteiger partial charge in [-0.1, -0.05) is 17.7 Å². The molecule has 0 unspecified atom stereocenters. The molecule has 0 aliphatic carbocycles. The number of nitrogens with zero attached hydrogens (tertiary/aromatic N) is 1. The van der Waals surface area contributed by atoms with E-state index in [0.29, 0.717) is 6.54 Å². The number of urea groups is 1. The van der Waals surface area contributed by atoms with Crippen molar-refractivity contribution < 1.29 is 14.3 Å². The minimum atomic E-state index is -0.390. The molecule has 1 aliphatic rings. The lowest BCUT2D eigenvalue weighted by Gasteiger charge is -2.13. The number of carbonyl (C=O) groups is 2. The Hall–Kier alpha value is -2.54. The molecule has 2 heterocycles. The van der Waals surface area contributed by atoms with Crippen LogP contribution in [-0.4, -0.2) is 31.3 Å². The highest BCUT2D eigenvalue weighted by atomic mass is 32.1. The monoisotopic (exact) mass is 331 g/mol. The summed E-state index contributed by atoms with van der Waals surface area (Å²) >= 11 is 1.44. The third-order valence-corrected chi connectivity index (χ3v) is 4.25. The third-order valence-electron chi connectivity index (χ3n) is 3.47. The molecule has 0 radical (unpaired) electrons. The molecule has 0 saturated carbocycles. The number of cyclic esters (lactones) is 1. The highest BCUT2D eigenvalue weighted by molar-refractivity contribution is 7.14. The lowest BCUT2D eigenvalue weighted by atomic mass is 10.2. The summed E-state index contributed by atoms with van der Waals surface area (Å²) < 4.78 is 5.29. The predicted molar refractivity (Wildman–Crippen MR) is 90.1 cm³/mol. The fourth-order valence-corrected chi connectivity index (χ4v) is 2.89. The molecule has 0 spiro atoms. The van der Waals surface area contributed by atoms with Crippen LogP contribution in [0.25, 0.3) is 0 Å². The van der Waals surface area contributed by atoms with Gasteiger partial charge in [0.1, 0.15) is 6.10 Å². The first-order valence-corrected chi connectivity index (χ1v) is 8.13. The van der Waals surface area contributed by atoms with Crippen molar-refractivity contribution in [2.75, 3.05) is 23.3 Å². The summed E-state index contributed by atoms with van der Waals surface area (Å²) in [4.78, 5) is 25.3. The molecule has 23 heavy (non-hydrogen) atoms. The van der Waals surface area contributed by atoms with Crippen LogP contribution < -0.4 is 15.5 Å². The van der Waals surface area contributed by atoms with Crippen LogP contribution in [0, 0.1) is 6.92 Å². The minimum absolute atomic E-state index is 0.269. The van der Waals surface area contributed by atoms with Gasteiger partial charge < -0.3 is 10.1 Å². The molecular weight excluding hydrogens is 314 g/mol.